The fourth-order valence-corrected chi connectivity index (χ4v) is 3.31. The number of carbonyl (C=O) groups is 1. The van der Waals surface area contributed by atoms with Crippen LogP contribution in [-0.2, 0) is 4.79 Å². The summed E-state index contributed by atoms with van der Waals surface area (Å²) in [6, 6.07) is 0.506. The highest BCUT2D eigenvalue weighted by molar-refractivity contribution is 8.13. The van der Waals surface area contributed by atoms with E-state index in [1.54, 1.807) is 11.8 Å². The Labute approximate surface area is 114 Å². The third-order valence-electron chi connectivity index (χ3n) is 3.60. The molecule has 1 atom stereocenters. The first-order valence-electron chi connectivity index (χ1n) is 6.88. The van der Waals surface area contributed by atoms with Crippen LogP contribution >= 0.6 is 11.8 Å². The quantitative estimate of drug-likeness (QED) is 0.848. The average Bonchev–Trinajstić information content (AvgIpc) is 2.90. The van der Waals surface area contributed by atoms with Gasteiger partial charge in [-0.1, -0.05) is 25.6 Å². The van der Waals surface area contributed by atoms with Crippen LogP contribution in [0.25, 0.3) is 0 Å². The normalized spacial score (nSPS) is 26.7. The van der Waals surface area contributed by atoms with Gasteiger partial charge < -0.3 is 10.2 Å². The molecule has 5 heteroatoms. The molecule has 0 bridgehead atoms. The zero-order valence-corrected chi connectivity index (χ0v) is 12.1. The summed E-state index contributed by atoms with van der Waals surface area (Å²) in [4.78, 5) is 18.3. The van der Waals surface area contributed by atoms with Crippen molar-refractivity contribution >= 4 is 22.8 Å². The highest BCUT2D eigenvalue weighted by Crippen LogP contribution is 2.18. The van der Waals surface area contributed by atoms with E-state index in [0.29, 0.717) is 18.5 Å². The molecule has 102 valence electrons. The molecule has 0 aromatic carbocycles. The third kappa shape index (κ3) is 3.64. The predicted octanol–water partition coefficient (Wildman–Crippen LogP) is 1.72. The van der Waals surface area contributed by atoms with E-state index in [-0.39, 0.29) is 5.91 Å². The number of rotatable bonds is 3. The molecule has 0 radical (unpaired) electrons. The Morgan fingerprint density at radius 3 is 2.89 bits per heavy atom. The van der Waals surface area contributed by atoms with Crippen molar-refractivity contribution in [2.24, 2.45) is 10.9 Å². The van der Waals surface area contributed by atoms with Crippen molar-refractivity contribution in [3.8, 4) is 0 Å². The van der Waals surface area contributed by atoms with Crippen LogP contribution in [0.4, 0.5) is 0 Å². The Hall–Kier alpha value is -0.710. The molecule has 0 saturated carbocycles. The lowest BCUT2D eigenvalue weighted by atomic mass is 10.0. The maximum atomic E-state index is 11.9. The number of aliphatic imine (C=N–C) groups is 1. The summed E-state index contributed by atoms with van der Waals surface area (Å²) >= 11 is 1.74. The maximum absolute atomic E-state index is 11.9. The summed E-state index contributed by atoms with van der Waals surface area (Å²) in [5, 5.41) is 4.39. The summed E-state index contributed by atoms with van der Waals surface area (Å²) in [6.45, 7) is 6.58. The Morgan fingerprint density at radius 2 is 2.22 bits per heavy atom. The van der Waals surface area contributed by atoms with Crippen LogP contribution < -0.4 is 5.32 Å². The number of thioether (sulfide) groups is 1. The van der Waals surface area contributed by atoms with Gasteiger partial charge >= 0.3 is 0 Å². The highest BCUT2D eigenvalue weighted by atomic mass is 32.2. The summed E-state index contributed by atoms with van der Waals surface area (Å²) in [5.41, 5.74) is 0. The molecule has 1 unspecified atom stereocenters. The van der Waals surface area contributed by atoms with Crippen molar-refractivity contribution in [1.29, 1.82) is 0 Å². The number of amidine groups is 1. The molecule has 0 aliphatic carbocycles. The summed E-state index contributed by atoms with van der Waals surface area (Å²) in [7, 11) is 0. The van der Waals surface area contributed by atoms with Gasteiger partial charge in [0.15, 0.2) is 5.17 Å². The number of nitrogens with zero attached hydrogens (tertiary/aromatic N) is 2. The summed E-state index contributed by atoms with van der Waals surface area (Å²) < 4.78 is 0. The SMILES string of the molecule is CC(C)C1CCSC(=NCC(=O)N2CCCC2)N1. The lowest BCUT2D eigenvalue weighted by Gasteiger charge is -2.28. The molecule has 0 aromatic heterocycles. The standard InChI is InChI=1S/C13H23N3OS/c1-10(2)11-5-8-18-13(15-11)14-9-12(17)16-6-3-4-7-16/h10-11H,3-9H2,1-2H3,(H,14,15). The zero-order valence-electron chi connectivity index (χ0n) is 11.3. The second kappa shape index (κ2) is 6.45. The largest absolute Gasteiger partial charge is 0.362 e. The first kappa shape index (κ1) is 13.7. The number of carbonyl (C=O) groups excluding carboxylic acids is 1. The molecule has 4 nitrogen and oxygen atoms in total. The van der Waals surface area contributed by atoms with Crippen molar-refractivity contribution in [3.05, 3.63) is 0 Å². The van der Waals surface area contributed by atoms with Gasteiger partial charge in [-0.3, -0.25) is 9.79 Å². The van der Waals surface area contributed by atoms with Crippen molar-refractivity contribution in [3.63, 3.8) is 0 Å². The van der Waals surface area contributed by atoms with E-state index in [2.05, 4.69) is 24.2 Å². The molecule has 18 heavy (non-hydrogen) atoms. The number of likely N-dealkylation sites (tertiary alicyclic amines) is 1. The van der Waals surface area contributed by atoms with Gasteiger partial charge in [0, 0.05) is 24.9 Å². The molecule has 2 heterocycles. The van der Waals surface area contributed by atoms with Crippen LogP contribution in [0.2, 0.25) is 0 Å². The summed E-state index contributed by atoms with van der Waals surface area (Å²) in [6.07, 6.45) is 3.47. The van der Waals surface area contributed by atoms with Crippen LogP contribution in [0.3, 0.4) is 0 Å². The van der Waals surface area contributed by atoms with E-state index >= 15 is 0 Å². The Balaban J connectivity index is 1.82. The topological polar surface area (TPSA) is 44.7 Å². The van der Waals surface area contributed by atoms with Crippen LogP contribution in [0.1, 0.15) is 33.1 Å². The fraction of sp³-hybridized carbons (Fsp3) is 0.846. The van der Waals surface area contributed by atoms with Gasteiger partial charge in [-0.15, -0.1) is 0 Å². The monoisotopic (exact) mass is 269 g/mol. The lowest BCUT2D eigenvalue weighted by molar-refractivity contribution is -0.128. The van der Waals surface area contributed by atoms with Gasteiger partial charge in [0.2, 0.25) is 5.91 Å². The minimum atomic E-state index is 0.175. The van der Waals surface area contributed by atoms with Crippen molar-refractivity contribution in [2.45, 2.75) is 39.2 Å². The second-order valence-electron chi connectivity index (χ2n) is 5.34. The molecule has 0 aromatic rings. The van der Waals surface area contributed by atoms with E-state index in [9.17, 15) is 4.79 Å². The van der Waals surface area contributed by atoms with Crippen molar-refractivity contribution in [1.82, 2.24) is 10.2 Å². The summed E-state index contributed by atoms with van der Waals surface area (Å²) in [5.74, 6) is 1.89. The molecular weight excluding hydrogens is 246 g/mol. The van der Waals surface area contributed by atoms with Gasteiger partial charge in [-0.05, 0) is 25.2 Å². The van der Waals surface area contributed by atoms with Crippen LogP contribution in [-0.4, -0.2) is 47.4 Å². The van der Waals surface area contributed by atoms with Crippen LogP contribution in [0, 0.1) is 5.92 Å². The van der Waals surface area contributed by atoms with Crippen molar-refractivity contribution in [2.75, 3.05) is 25.4 Å². The number of hydrogen-bond acceptors (Lipinski definition) is 3. The average molecular weight is 269 g/mol. The molecule has 0 spiro atoms. The number of amides is 1. The van der Waals surface area contributed by atoms with E-state index in [4.69, 9.17) is 0 Å². The predicted molar refractivity (Wildman–Crippen MR) is 77.0 cm³/mol. The Kier molecular flexibility index (Phi) is 4.92. The molecule has 1 amide bonds. The number of hydrogen-bond donors (Lipinski definition) is 1. The Morgan fingerprint density at radius 1 is 1.50 bits per heavy atom. The van der Waals surface area contributed by atoms with Gasteiger partial charge in [0.05, 0.1) is 0 Å². The first-order valence-corrected chi connectivity index (χ1v) is 7.87. The zero-order chi connectivity index (χ0) is 13.0. The molecule has 2 fully saturated rings. The lowest BCUT2D eigenvalue weighted by Crippen LogP contribution is -2.41. The molecule has 1 N–H and O–H groups in total. The van der Waals surface area contributed by atoms with Crippen LogP contribution in [0.15, 0.2) is 4.99 Å². The molecular formula is C13H23N3OS. The number of nitrogens with one attached hydrogen (secondary N) is 1. The molecule has 2 rings (SSSR count). The third-order valence-corrected chi connectivity index (χ3v) is 4.56. The van der Waals surface area contributed by atoms with Gasteiger partial charge in [0.25, 0.3) is 0 Å². The van der Waals surface area contributed by atoms with Gasteiger partial charge in [-0.2, -0.15) is 0 Å². The van der Waals surface area contributed by atoms with E-state index < -0.39 is 0 Å². The molecule has 2 aliphatic rings. The van der Waals surface area contributed by atoms with E-state index in [0.717, 1.165) is 36.9 Å². The smallest absolute Gasteiger partial charge is 0.244 e. The highest BCUT2D eigenvalue weighted by Gasteiger charge is 2.21. The minimum absolute atomic E-state index is 0.175. The van der Waals surface area contributed by atoms with Gasteiger partial charge in [0.1, 0.15) is 6.54 Å². The molecule has 2 aliphatic heterocycles. The second-order valence-corrected chi connectivity index (χ2v) is 6.42. The fourth-order valence-electron chi connectivity index (χ4n) is 2.35. The van der Waals surface area contributed by atoms with Gasteiger partial charge in [-0.25, -0.2) is 0 Å². The van der Waals surface area contributed by atoms with Crippen molar-refractivity contribution < 1.29 is 4.79 Å². The van der Waals surface area contributed by atoms with Crippen LogP contribution in [0.5, 0.6) is 0 Å². The van der Waals surface area contributed by atoms with E-state index in [1.165, 1.54) is 6.42 Å². The Bertz CT molecular complexity index is 324. The van der Waals surface area contributed by atoms with E-state index in [1.807, 2.05) is 4.90 Å². The first-order chi connectivity index (χ1) is 8.66. The minimum Gasteiger partial charge on any atom is -0.362 e. The maximum Gasteiger partial charge on any atom is 0.244 e. The molecule has 2 saturated heterocycles.